The van der Waals surface area contributed by atoms with Gasteiger partial charge in [-0.3, -0.25) is 29.9 Å². The number of aliphatic carboxylic acids is 1. The molecule has 0 aliphatic rings. The molecule has 0 fully saturated rings. The van der Waals surface area contributed by atoms with Gasteiger partial charge in [-0.1, -0.05) is 6.07 Å². The second-order valence-electron chi connectivity index (χ2n) is 4.08. The van der Waals surface area contributed by atoms with Gasteiger partial charge in [-0.15, -0.1) is 0 Å². The van der Waals surface area contributed by atoms with Crippen LogP contribution >= 0.6 is 12.6 Å². The van der Waals surface area contributed by atoms with Gasteiger partial charge in [0, 0.05) is 18.7 Å². The van der Waals surface area contributed by atoms with E-state index in [0.29, 0.717) is 4.90 Å². The van der Waals surface area contributed by atoms with Gasteiger partial charge < -0.3 is 5.11 Å². The number of carboxylic acid groups (broad SMARTS) is 1. The Morgan fingerprint density at radius 1 is 1.32 bits per heavy atom. The number of hydrogen-bond donors (Lipinski definition) is 2. The van der Waals surface area contributed by atoms with Gasteiger partial charge in [0.2, 0.25) is 5.91 Å². The molecule has 0 radical (unpaired) electrons. The lowest BCUT2D eigenvalue weighted by molar-refractivity contribution is -0.422. The molecular weight excluding hydrogens is 318 g/mol. The normalized spacial score (nSPS) is 11.5. The van der Waals surface area contributed by atoms with Crippen LogP contribution in [-0.2, 0) is 9.59 Å². The molecule has 0 spiro atoms. The highest BCUT2D eigenvalue weighted by atomic mass is 32.1. The first-order valence-electron chi connectivity index (χ1n) is 5.77. The topological polar surface area (TPSA) is 144 Å². The molecule has 0 heterocycles. The third-order valence-electron chi connectivity index (χ3n) is 2.74. The van der Waals surface area contributed by atoms with Crippen molar-refractivity contribution in [3.8, 4) is 0 Å². The molecule has 118 valence electrons. The first-order valence-corrected chi connectivity index (χ1v) is 6.40. The molecule has 0 bridgehead atoms. The van der Waals surface area contributed by atoms with Gasteiger partial charge in [0.05, 0.1) is 9.85 Å². The summed E-state index contributed by atoms with van der Waals surface area (Å²) in [6, 6.07) is 1.61. The lowest BCUT2D eigenvalue weighted by atomic mass is 10.1. The summed E-state index contributed by atoms with van der Waals surface area (Å²) < 4.78 is 0. The number of carboxylic acids is 1. The summed E-state index contributed by atoms with van der Waals surface area (Å²) in [4.78, 5) is 43.6. The molecular formula is C11H11N3O7S. The summed E-state index contributed by atoms with van der Waals surface area (Å²) in [5, 5.41) is 31.2. The van der Waals surface area contributed by atoms with E-state index in [1.54, 1.807) is 0 Å². The van der Waals surface area contributed by atoms with Crippen molar-refractivity contribution in [2.45, 2.75) is 13.0 Å². The smallest absolute Gasteiger partial charge is 0.369 e. The van der Waals surface area contributed by atoms with E-state index < -0.39 is 44.8 Å². The number of nitro benzene ring substituents is 2. The number of carbonyl (C=O) groups excluding carboxylic acids is 1. The summed E-state index contributed by atoms with van der Waals surface area (Å²) in [7, 11) is 0. The van der Waals surface area contributed by atoms with Crippen LogP contribution in [0.2, 0.25) is 0 Å². The fourth-order valence-corrected chi connectivity index (χ4v) is 2.19. The van der Waals surface area contributed by atoms with Crippen LogP contribution in [0.1, 0.15) is 6.92 Å². The molecule has 10 nitrogen and oxygen atoms in total. The van der Waals surface area contributed by atoms with Crippen LogP contribution in [0.4, 0.5) is 17.1 Å². The van der Waals surface area contributed by atoms with Gasteiger partial charge >= 0.3 is 17.3 Å². The van der Waals surface area contributed by atoms with E-state index in [0.717, 1.165) is 25.1 Å². The average molecular weight is 329 g/mol. The van der Waals surface area contributed by atoms with Crippen molar-refractivity contribution in [2.75, 3.05) is 10.7 Å². The van der Waals surface area contributed by atoms with E-state index in [1.807, 2.05) is 0 Å². The van der Waals surface area contributed by atoms with E-state index in [9.17, 15) is 29.8 Å². The van der Waals surface area contributed by atoms with Gasteiger partial charge in [0.15, 0.2) is 0 Å². The van der Waals surface area contributed by atoms with E-state index >= 15 is 0 Å². The number of anilines is 1. The lowest BCUT2D eigenvalue weighted by Gasteiger charge is -2.26. The Morgan fingerprint density at radius 2 is 1.91 bits per heavy atom. The minimum Gasteiger partial charge on any atom is -0.480 e. The number of benzene rings is 1. The summed E-state index contributed by atoms with van der Waals surface area (Å²) in [5.74, 6) is -2.58. The van der Waals surface area contributed by atoms with Gasteiger partial charge in [-0.25, -0.2) is 4.79 Å². The Hall–Kier alpha value is -2.69. The van der Waals surface area contributed by atoms with Crippen LogP contribution < -0.4 is 4.90 Å². The van der Waals surface area contributed by atoms with Crippen LogP contribution in [0.15, 0.2) is 18.2 Å². The van der Waals surface area contributed by atoms with Crippen LogP contribution in [0.3, 0.4) is 0 Å². The summed E-state index contributed by atoms with van der Waals surface area (Å²) >= 11 is 3.81. The molecule has 0 aliphatic carbocycles. The SMILES string of the molecule is CC(=O)N(c1cccc([N+](=O)[O-])c1[N+](=O)[O-])C(CS)C(=O)O. The zero-order valence-corrected chi connectivity index (χ0v) is 12.1. The Kier molecular flexibility index (Phi) is 5.40. The fraction of sp³-hybridized carbons (Fsp3) is 0.273. The molecule has 0 saturated carbocycles. The van der Waals surface area contributed by atoms with Gasteiger partial charge in [0.1, 0.15) is 11.7 Å². The Morgan fingerprint density at radius 3 is 2.27 bits per heavy atom. The molecule has 1 atom stereocenters. The Bertz CT molecular complexity index is 649. The predicted molar refractivity (Wildman–Crippen MR) is 78.2 cm³/mol. The molecule has 0 aliphatic heterocycles. The first kappa shape index (κ1) is 17.4. The minimum absolute atomic E-state index is 0.325. The molecule has 22 heavy (non-hydrogen) atoms. The molecule has 1 unspecified atom stereocenters. The number of amides is 1. The van der Waals surface area contributed by atoms with E-state index in [1.165, 1.54) is 0 Å². The molecule has 1 aromatic carbocycles. The van der Waals surface area contributed by atoms with Crippen molar-refractivity contribution in [1.82, 2.24) is 0 Å². The zero-order chi connectivity index (χ0) is 17.0. The number of nitrogens with zero attached hydrogens (tertiary/aromatic N) is 3. The molecule has 0 aromatic heterocycles. The summed E-state index contributed by atoms with van der Waals surface area (Å²) in [6.07, 6.45) is 0. The molecule has 1 N–H and O–H groups in total. The maximum Gasteiger partial charge on any atom is 0.369 e. The van der Waals surface area contributed by atoms with Gasteiger partial charge in [-0.2, -0.15) is 12.6 Å². The predicted octanol–water partition coefficient (Wildman–Crippen LogP) is 1.24. The number of para-hydroxylation sites is 1. The number of thiol groups is 1. The third-order valence-corrected chi connectivity index (χ3v) is 3.09. The Balaban J connectivity index is 3.66. The minimum atomic E-state index is -1.50. The standard InChI is InChI=1S/C11H11N3O7S/c1-6(15)12(9(5-22)11(16)17)7-3-2-4-8(13(18)19)10(7)14(20)21/h2-4,9,22H,5H2,1H3,(H,16,17). The molecule has 1 amide bonds. The quantitative estimate of drug-likeness (QED) is 0.454. The fourth-order valence-electron chi connectivity index (χ4n) is 1.88. The van der Waals surface area contributed by atoms with Crippen LogP contribution in [0, 0.1) is 20.2 Å². The number of carbonyl (C=O) groups is 2. The summed E-state index contributed by atoms with van der Waals surface area (Å²) in [5.41, 5.74) is -2.25. The second kappa shape index (κ2) is 6.85. The van der Waals surface area contributed by atoms with Gasteiger partial charge in [-0.05, 0) is 6.07 Å². The second-order valence-corrected chi connectivity index (χ2v) is 4.45. The molecule has 0 saturated heterocycles. The van der Waals surface area contributed by atoms with Crippen LogP contribution in [-0.4, -0.2) is 38.6 Å². The highest BCUT2D eigenvalue weighted by Crippen LogP contribution is 2.37. The van der Waals surface area contributed by atoms with Crippen molar-refractivity contribution in [1.29, 1.82) is 0 Å². The number of hydrogen-bond acceptors (Lipinski definition) is 7. The highest BCUT2D eigenvalue weighted by molar-refractivity contribution is 7.80. The zero-order valence-electron chi connectivity index (χ0n) is 11.2. The maximum atomic E-state index is 11.7. The monoisotopic (exact) mass is 329 g/mol. The summed E-state index contributed by atoms with van der Waals surface area (Å²) in [6.45, 7) is 1.00. The van der Waals surface area contributed by atoms with Crippen molar-refractivity contribution in [3.05, 3.63) is 38.4 Å². The molecule has 1 aromatic rings. The molecule has 1 rings (SSSR count). The lowest BCUT2D eigenvalue weighted by Crippen LogP contribution is -2.46. The number of rotatable bonds is 6. The first-order chi connectivity index (χ1) is 10.2. The van der Waals surface area contributed by atoms with Crippen molar-refractivity contribution in [2.24, 2.45) is 0 Å². The Labute approximate surface area is 129 Å². The third kappa shape index (κ3) is 3.31. The maximum absolute atomic E-state index is 11.7. The van der Waals surface area contributed by atoms with Gasteiger partial charge in [0.25, 0.3) is 0 Å². The van der Waals surface area contributed by atoms with E-state index in [-0.39, 0.29) is 5.75 Å². The van der Waals surface area contributed by atoms with Crippen LogP contribution in [0.25, 0.3) is 0 Å². The average Bonchev–Trinajstić information content (AvgIpc) is 2.42. The largest absolute Gasteiger partial charge is 0.480 e. The van der Waals surface area contributed by atoms with E-state index in [2.05, 4.69) is 12.6 Å². The van der Waals surface area contributed by atoms with Crippen LogP contribution in [0.5, 0.6) is 0 Å². The highest BCUT2D eigenvalue weighted by Gasteiger charge is 2.37. The molecule has 11 heteroatoms. The number of nitro groups is 2. The van der Waals surface area contributed by atoms with E-state index in [4.69, 9.17) is 5.11 Å². The van der Waals surface area contributed by atoms with Crippen molar-refractivity contribution < 1.29 is 24.5 Å². The van der Waals surface area contributed by atoms with Crippen molar-refractivity contribution in [3.63, 3.8) is 0 Å². The van der Waals surface area contributed by atoms with Crippen molar-refractivity contribution >= 4 is 41.6 Å².